The average Bonchev–Trinajstić information content (AvgIpc) is 2.66. The number of benzene rings is 2. The van der Waals surface area contributed by atoms with Gasteiger partial charge in [0.2, 0.25) is 5.88 Å². The number of phenolic OH excluding ortho intramolecular Hbond substituents is 1. The van der Waals surface area contributed by atoms with Crippen molar-refractivity contribution in [1.82, 2.24) is 4.98 Å². The van der Waals surface area contributed by atoms with Gasteiger partial charge in [0.15, 0.2) is 0 Å². The van der Waals surface area contributed by atoms with Crippen LogP contribution in [-0.4, -0.2) is 24.2 Å². The maximum Gasteiger partial charge on any atom is 0.227 e. The number of rotatable bonds is 2. The maximum absolute atomic E-state index is 9.88. The molecule has 0 amide bonds. The number of hydrogen-bond acceptors (Lipinski definition) is 7. The predicted octanol–water partition coefficient (Wildman–Crippen LogP) is 3.18. The number of nitrogens with zero attached hydrogens (tertiary/aromatic N) is 3. The lowest BCUT2D eigenvalue weighted by Gasteiger charge is -2.30. The van der Waals surface area contributed by atoms with E-state index < -0.39 is 0 Å². The first-order valence-corrected chi connectivity index (χ1v) is 8.67. The van der Waals surface area contributed by atoms with Gasteiger partial charge in [-0.1, -0.05) is 18.2 Å². The number of phenols is 1. The molecule has 7 nitrogen and oxygen atoms in total. The van der Waals surface area contributed by atoms with Crippen molar-refractivity contribution in [2.45, 2.75) is 5.92 Å². The van der Waals surface area contributed by atoms with Crippen molar-refractivity contribution in [2.24, 2.45) is 0 Å². The average molecular weight is 373 g/mol. The largest absolute Gasteiger partial charge is 0.508 e. The van der Waals surface area contributed by atoms with Crippen molar-refractivity contribution in [3.63, 3.8) is 0 Å². The number of ether oxygens (including phenoxy) is 1. The molecule has 0 saturated heterocycles. The summed E-state index contributed by atoms with van der Waals surface area (Å²) in [5, 5.41) is 19.3. The third kappa shape index (κ3) is 2.63. The van der Waals surface area contributed by atoms with Gasteiger partial charge in [-0.15, -0.1) is 0 Å². The second-order valence-electron chi connectivity index (χ2n) is 6.86. The summed E-state index contributed by atoms with van der Waals surface area (Å²) in [6.07, 6.45) is 0. The Morgan fingerprint density at radius 1 is 1.14 bits per heavy atom. The molecular weight excluding hydrogens is 354 g/mol. The molecule has 2 aromatic carbocycles. The number of nitriles is 1. The fraction of sp³-hybridized carbons (Fsp3) is 0.143. The van der Waals surface area contributed by atoms with Crippen LogP contribution in [0.2, 0.25) is 0 Å². The van der Waals surface area contributed by atoms with E-state index in [0.717, 1.165) is 16.8 Å². The van der Waals surface area contributed by atoms with Crippen LogP contribution >= 0.6 is 0 Å². The normalized spacial score (nSPS) is 14.4. The number of hydrogen-bond donors (Lipinski definition) is 3. The third-order valence-corrected chi connectivity index (χ3v) is 4.93. The van der Waals surface area contributed by atoms with E-state index in [0.29, 0.717) is 11.3 Å². The molecule has 0 saturated carbocycles. The molecule has 1 aliphatic heterocycles. The third-order valence-electron chi connectivity index (χ3n) is 4.93. The van der Waals surface area contributed by atoms with Gasteiger partial charge in [-0.2, -0.15) is 10.2 Å². The highest BCUT2D eigenvalue weighted by molar-refractivity contribution is 5.75. The van der Waals surface area contributed by atoms with Gasteiger partial charge in [-0.3, -0.25) is 0 Å². The standard InChI is InChI=1S/C21H19N5O2/c1-26(2)12-5-3-11(4-6-12)17-14-8-7-13(27)9-16(14)28-21-18(17)19(23)15(10-22)20(24)25-21/h3-9,17,27H,1-2H3,(H4,23,24,25). The summed E-state index contributed by atoms with van der Waals surface area (Å²) in [6.45, 7) is 0. The first kappa shape index (κ1) is 17.5. The molecule has 1 atom stereocenters. The molecule has 0 fully saturated rings. The molecule has 28 heavy (non-hydrogen) atoms. The second-order valence-corrected chi connectivity index (χ2v) is 6.86. The number of pyridine rings is 1. The predicted molar refractivity (Wildman–Crippen MR) is 108 cm³/mol. The van der Waals surface area contributed by atoms with Crippen LogP contribution in [0.1, 0.15) is 28.2 Å². The quantitative estimate of drug-likeness (QED) is 0.493. The van der Waals surface area contributed by atoms with Crippen LogP contribution in [0.5, 0.6) is 17.4 Å². The van der Waals surface area contributed by atoms with Crippen molar-refractivity contribution < 1.29 is 9.84 Å². The molecular formula is C21H19N5O2. The first-order chi connectivity index (χ1) is 13.4. The molecule has 0 bridgehead atoms. The van der Waals surface area contributed by atoms with Gasteiger partial charge in [-0.05, 0) is 23.8 Å². The smallest absolute Gasteiger partial charge is 0.227 e. The number of nitrogens with two attached hydrogens (primary N) is 2. The van der Waals surface area contributed by atoms with Crippen LogP contribution in [-0.2, 0) is 0 Å². The summed E-state index contributed by atoms with van der Waals surface area (Å²) in [6, 6.07) is 15.0. The molecule has 140 valence electrons. The Morgan fingerprint density at radius 2 is 1.86 bits per heavy atom. The Labute approximate surface area is 162 Å². The monoisotopic (exact) mass is 373 g/mol. The summed E-state index contributed by atoms with van der Waals surface area (Å²) in [5.74, 6) is 0.511. The highest BCUT2D eigenvalue weighted by atomic mass is 16.5. The lowest BCUT2D eigenvalue weighted by Crippen LogP contribution is -2.17. The van der Waals surface area contributed by atoms with E-state index in [1.807, 2.05) is 49.3 Å². The molecule has 7 heteroatoms. The Balaban J connectivity index is 1.98. The number of fused-ring (bicyclic) bond motifs is 2. The molecule has 1 aliphatic rings. The SMILES string of the molecule is CN(C)c1ccc(C2c3ccc(O)cc3Oc3nc(N)c(C#N)c(N)c32)cc1. The summed E-state index contributed by atoms with van der Waals surface area (Å²) in [4.78, 5) is 6.27. The molecule has 1 unspecified atom stereocenters. The number of anilines is 3. The lowest BCUT2D eigenvalue weighted by molar-refractivity contribution is 0.424. The van der Waals surface area contributed by atoms with E-state index in [1.54, 1.807) is 12.1 Å². The molecule has 4 rings (SSSR count). The van der Waals surface area contributed by atoms with Gasteiger partial charge in [0.25, 0.3) is 0 Å². The van der Waals surface area contributed by atoms with E-state index in [2.05, 4.69) is 4.98 Å². The van der Waals surface area contributed by atoms with E-state index >= 15 is 0 Å². The van der Waals surface area contributed by atoms with Gasteiger partial charge >= 0.3 is 0 Å². The fourth-order valence-electron chi connectivity index (χ4n) is 3.51. The summed E-state index contributed by atoms with van der Waals surface area (Å²) >= 11 is 0. The molecule has 2 heterocycles. The zero-order chi connectivity index (χ0) is 20.0. The maximum atomic E-state index is 9.88. The first-order valence-electron chi connectivity index (χ1n) is 8.67. The number of aromatic nitrogens is 1. The number of aromatic hydroxyl groups is 1. The zero-order valence-electron chi connectivity index (χ0n) is 15.5. The zero-order valence-corrected chi connectivity index (χ0v) is 15.5. The van der Waals surface area contributed by atoms with Crippen LogP contribution in [0.3, 0.4) is 0 Å². The molecule has 1 aromatic heterocycles. The van der Waals surface area contributed by atoms with E-state index in [1.165, 1.54) is 6.07 Å². The molecule has 5 N–H and O–H groups in total. The van der Waals surface area contributed by atoms with Crippen LogP contribution in [0.4, 0.5) is 17.2 Å². The van der Waals surface area contributed by atoms with E-state index in [-0.39, 0.29) is 34.6 Å². The van der Waals surface area contributed by atoms with Gasteiger partial charge in [0.05, 0.1) is 11.3 Å². The minimum absolute atomic E-state index is 0.0176. The van der Waals surface area contributed by atoms with Crippen LogP contribution in [0.15, 0.2) is 42.5 Å². The van der Waals surface area contributed by atoms with Gasteiger partial charge in [0.1, 0.15) is 28.9 Å². The van der Waals surface area contributed by atoms with Crippen molar-refractivity contribution >= 4 is 17.2 Å². The van der Waals surface area contributed by atoms with Crippen molar-refractivity contribution in [2.75, 3.05) is 30.5 Å². The molecule has 0 aliphatic carbocycles. The summed E-state index contributed by atoms with van der Waals surface area (Å²) in [7, 11) is 3.95. The van der Waals surface area contributed by atoms with Gasteiger partial charge in [-0.25, -0.2) is 0 Å². The topological polar surface area (TPSA) is 121 Å². The molecule has 3 aromatic rings. The second kappa shape index (κ2) is 6.35. The highest BCUT2D eigenvalue weighted by Crippen LogP contribution is 2.50. The van der Waals surface area contributed by atoms with Crippen molar-refractivity contribution in [3.05, 3.63) is 64.7 Å². The molecule has 0 radical (unpaired) electrons. The molecule has 0 spiro atoms. The van der Waals surface area contributed by atoms with E-state index in [9.17, 15) is 10.4 Å². The summed E-state index contributed by atoms with van der Waals surface area (Å²) < 4.78 is 5.88. The van der Waals surface area contributed by atoms with Gasteiger partial charge < -0.3 is 26.2 Å². The van der Waals surface area contributed by atoms with Crippen LogP contribution in [0, 0.1) is 11.3 Å². The minimum atomic E-state index is -0.309. The fourth-order valence-corrected chi connectivity index (χ4v) is 3.51. The lowest BCUT2D eigenvalue weighted by atomic mass is 9.82. The Kier molecular flexibility index (Phi) is 3.97. The van der Waals surface area contributed by atoms with Gasteiger partial charge in [0, 0.05) is 37.3 Å². The number of nitrogen functional groups attached to an aromatic ring is 2. The van der Waals surface area contributed by atoms with Crippen molar-refractivity contribution in [1.29, 1.82) is 5.26 Å². The Hall–Kier alpha value is -3.92. The van der Waals surface area contributed by atoms with Crippen LogP contribution in [0.25, 0.3) is 0 Å². The van der Waals surface area contributed by atoms with Crippen LogP contribution < -0.4 is 21.1 Å². The Morgan fingerprint density at radius 3 is 2.50 bits per heavy atom. The van der Waals surface area contributed by atoms with E-state index in [4.69, 9.17) is 16.2 Å². The minimum Gasteiger partial charge on any atom is -0.508 e. The van der Waals surface area contributed by atoms with Crippen molar-refractivity contribution in [3.8, 4) is 23.4 Å². The summed E-state index contributed by atoms with van der Waals surface area (Å²) in [5.41, 5.74) is 16.1. The Bertz CT molecular complexity index is 1120. The highest BCUT2D eigenvalue weighted by Gasteiger charge is 2.34.